The molecule has 0 fully saturated rings. The maximum Gasteiger partial charge on any atom is 0.251 e. The third kappa shape index (κ3) is 4.26. The minimum atomic E-state index is -0.853. The molecule has 2 aromatic rings. The Morgan fingerprint density at radius 2 is 1.96 bits per heavy atom. The Balaban J connectivity index is 1.69. The van der Waals surface area contributed by atoms with E-state index in [0.717, 1.165) is 4.90 Å². The molecular weight excluding hydrogens is 364 g/mol. The monoisotopic (exact) mass is 386 g/mol. The average molecular weight is 386 g/mol. The summed E-state index contributed by atoms with van der Waals surface area (Å²) < 4.78 is 5.11. The van der Waals surface area contributed by atoms with Gasteiger partial charge in [0, 0.05) is 10.5 Å². The second-order valence-corrected chi connectivity index (χ2v) is 7.82. The van der Waals surface area contributed by atoms with E-state index in [2.05, 4.69) is 10.6 Å². The Morgan fingerprint density at radius 1 is 1.26 bits per heavy atom. The van der Waals surface area contributed by atoms with E-state index in [9.17, 15) is 14.7 Å². The van der Waals surface area contributed by atoms with E-state index in [-0.39, 0.29) is 17.1 Å². The van der Waals surface area contributed by atoms with Crippen LogP contribution in [0.15, 0.2) is 47.4 Å². The van der Waals surface area contributed by atoms with Crippen molar-refractivity contribution in [2.24, 2.45) is 0 Å². The summed E-state index contributed by atoms with van der Waals surface area (Å²) in [6.45, 7) is 3.58. The van der Waals surface area contributed by atoms with Gasteiger partial charge in [0.2, 0.25) is 5.91 Å². The summed E-state index contributed by atoms with van der Waals surface area (Å²) in [4.78, 5) is 25.3. The molecule has 1 aliphatic heterocycles. The van der Waals surface area contributed by atoms with E-state index in [1.165, 1.54) is 11.8 Å². The van der Waals surface area contributed by atoms with Crippen molar-refractivity contribution in [1.82, 2.24) is 5.32 Å². The van der Waals surface area contributed by atoms with Crippen molar-refractivity contribution in [3.05, 3.63) is 53.6 Å². The lowest BCUT2D eigenvalue weighted by Gasteiger charge is -2.23. The van der Waals surface area contributed by atoms with Crippen LogP contribution in [-0.4, -0.2) is 35.3 Å². The quantitative estimate of drug-likeness (QED) is 0.735. The average Bonchev–Trinajstić information content (AvgIpc) is 2.68. The number of benzene rings is 2. The minimum Gasteiger partial charge on any atom is -0.497 e. The zero-order chi connectivity index (χ0) is 19.6. The maximum absolute atomic E-state index is 12.6. The van der Waals surface area contributed by atoms with Crippen LogP contribution in [0.5, 0.6) is 5.75 Å². The summed E-state index contributed by atoms with van der Waals surface area (Å²) in [5, 5.41) is 16.0. The van der Waals surface area contributed by atoms with Crippen LogP contribution in [0.1, 0.15) is 35.9 Å². The molecule has 0 bridgehead atoms. The summed E-state index contributed by atoms with van der Waals surface area (Å²) in [5.74, 6) is 0.315. The summed E-state index contributed by atoms with van der Waals surface area (Å²) >= 11 is 1.47. The number of thioether (sulfide) groups is 1. The van der Waals surface area contributed by atoms with E-state index < -0.39 is 12.1 Å². The zero-order valence-corrected chi connectivity index (χ0v) is 16.2. The van der Waals surface area contributed by atoms with Crippen molar-refractivity contribution in [2.45, 2.75) is 36.1 Å². The van der Waals surface area contributed by atoms with Crippen molar-refractivity contribution in [1.29, 1.82) is 0 Å². The van der Waals surface area contributed by atoms with Gasteiger partial charge in [-0.15, -0.1) is 11.8 Å². The maximum atomic E-state index is 12.6. The number of aliphatic hydroxyl groups is 1. The first-order valence-corrected chi connectivity index (χ1v) is 9.51. The Morgan fingerprint density at radius 3 is 2.63 bits per heavy atom. The molecule has 6 nitrogen and oxygen atoms in total. The van der Waals surface area contributed by atoms with Crippen LogP contribution in [-0.2, 0) is 4.79 Å². The van der Waals surface area contributed by atoms with Gasteiger partial charge < -0.3 is 20.5 Å². The number of hydrogen-bond acceptors (Lipinski definition) is 5. The number of fused-ring (bicyclic) bond motifs is 1. The minimum absolute atomic E-state index is 0.0756. The number of anilines is 1. The van der Waals surface area contributed by atoms with Gasteiger partial charge in [-0.2, -0.15) is 0 Å². The fourth-order valence-electron chi connectivity index (χ4n) is 2.81. The van der Waals surface area contributed by atoms with E-state index in [1.807, 2.05) is 13.0 Å². The van der Waals surface area contributed by atoms with Gasteiger partial charge in [-0.25, -0.2) is 0 Å². The van der Waals surface area contributed by atoms with Crippen molar-refractivity contribution in [3.8, 4) is 5.75 Å². The third-order valence-electron chi connectivity index (χ3n) is 4.46. The first-order valence-electron chi connectivity index (χ1n) is 8.63. The van der Waals surface area contributed by atoms with Crippen LogP contribution >= 0.6 is 11.8 Å². The molecule has 2 amide bonds. The molecule has 0 radical (unpaired) electrons. The highest BCUT2D eigenvalue weighted by Crippen LogP contribution is 2.36. The van der Waals surface area contributed by atoms with Crippen LogP contribution in [0.4, 0.5) is 5.69 Å². The molecule has 2 aromatic carbocycles. The molecule has 0 saturated carbocycles. The van der Waals surface area contributed by atoms with Gasteiger partial charge >= 0.3 is 0 Å². The molecule has 0 aliphatic carbocycles. The fraction of sp³-hybridized carbons (Fsp3) is 0.300. The Bertz CT molecular complexity index is 854. The smallest absolute Gasteiger partial charge is 0.251 e. The number of nitrogens with one attached hydrogen (secondary N) is 2. The van der Waals surface area contributed by atoms with Gasteiger partial charge in [-0.05, 0) is 49.7 Å². The summed E-state index contributed by atoms with van der Waals surface area (Å²) in [5.41, 5.74) is 1.75. The lowest BCUT2D eigenvalue weighted by molar-refractivity contribution is -0.115. The lowest BCUT2D eigenvalue weighted by atomic mass is 10.0. The normalized spacial score (nSPS) is 18.1. The molecule has 0 unspecified atom stereocenters. The molecule has 0 aromatic heterocycles. The first-order chi connectivity index (χ1) is 12.9. The van der Waals surface area contributed by atoms with Gasteiger partial charge in [-0.3, -0.25) is 9.59 Å². The molecule has 0 spiro atoms. The number of rotatable bonds is 5. The molecule has 27 heavy (non-hydrogen) atoms. The Kier molecular flexibility index (Phi) is 5.72. The van der Waals surface area contributed by atoms with Crippen molar-refractivity contribution in [3.63, 3.8) is 0 Å². The molecule has 0 saturated heterocycles. The zero-order valence-electron chi connectivity index (χ0n) is 15.4. The van der Waals surface area contributed by atoms with Crippen molar-refractivity contribution in [2.75, 3.05) is 12.4 Å². The van der Waals surface area contributed by atoms with Gasteiger partial charge in [0.15, 0.2) is 0 Å². The number of ether oxygens (including phenoxy) is 1. The van der Waals surface area contributed by atoms with Gasteiger partial charge in [-0.1, -0.05) is 12.1 Å². The van der Waals surface area contributed by atoms with E-state index in [4.69, 9.17) is 4.74 Å². The topological polar surface area (TPSA) is 87.7 Å². The predicted octanol–water partition coefficient (Wildman–Crippen LogP) is 2.98. The van der Waals surface area contributed by atoms with Gasteiger partial charge in [0.25, 0.3) is 5.91 Å². The molecule has 142 valence electrons. The van der Waals surface area contributed by atoms with Crippen LogP contribution in [0.2, 0.25) is 0 Å². The summed E-state index contributed by atoms with van der Waals surface area (Å²) in [6, 6.07) is 11.8. The molecule has 7 heteroatoms. The lowest BCUT2D eigenvalue weighted by Crippen LogP contribution is -2.37. The molecule has 1 heterocycles. The standard InChI is InChI=1S/C20H22N2O4S/c1-11(18(23)13-4-7-15(26-3)8-5-13)21-20(25)14-6-9-17-16(10-14)22-19(24)12(2)27-17/h4-12,18,23H,1-3H3,(H,21,25)(H,22,24)/t11-,12+,18-/m1/s1. The number of aliphatic hydroxyl groups excluding tert-OH is 1. The van der Waals surface area contributed by atoms with E-state index in [1.54, 1.807) is 50.4 Å². The largest absolute Gasteiger partial charge is 0.497 e. The van der Waals surface area contributed by atoms with Crippen LogP contribution in [0, 0.1) is 0 Å². The predicted molar refractivity (Wildman–Crippen MR) is 105 cm³/mol. The molecule has 3 rings (SSSR count). The highest BCUT2D eigenvalue weighted by molar-refractivity contribution is 8.00. The number of carbonyl (C=O) groups excluding carboxylic acids is 2. The van der Waals surface area contributed by atoms with Crippen molar-refractivity contribution >= 4 is 29.3 Å². The van der Waals surface area contributed by atoms with Crippen LogP contribution in [0.25, 0.3) is 0 Å². The van der Waals surface area contributed by atoms with Crippen molar-refractivity contribution < 1.29 is 19.4 Å². The van der Waals surface area contributed by atoms with E-state index >= 15 is 0 Å². The second kappa shape index (κ2) is 8.02. The van der Waals surface area contributed by atoms with Crippen LogP contribution < -0.4 is 15.4 Å². The number of hydrogen-bond donors (Lipinski definition) is 3. The van der Waals surface area contributed by atoms with Gasteiger partial charge in [0.05, 0.1) is 30.2 Å². The second-order valence-electron chi connectivity index (χ2n) is 6.44. The molecular formula is C20H22N2O4S. The highest BCUT2D eigenvalue weighted by Gasteiger charge is 2.25. The number of amides is 2. The summed E-state index contributed by atoms with van der Waals surface area (Å²) in [7, 11) is 1.58. The van der Waals surface area contributed by atoms with Gasteiger partial charge in [0.1, 0.15) is 5.75 Å². The third-order valence-corrected chi connectivity index (χ3v) is 5.64. The Hall–Kier alpha value is -2.51. The summed E-state index contributed by atoms with van der Waals surface area (Å²) in [6.07, 6.45) is -0.853. The van der Waals surface area contributed by atoms with E-state index in [0.29, 0.717) is 22.6 Å². The molecule has 1 aliphatic rings. The molecule has 3 atom stereocenters. The highest BCUT2D eigenvalue weighted by atomic mass is 32.2. The SMILES string of the molecule is COc1ccc([C@H](O)[C@@H](C)NC(=O)c2ccc3c(c2)NC(=O)[C@H](C)S3)cc1. The van der Waals surface area contributed by atoms with Crippen LogP contribution in [0.3, 0.4) is 0 Å². The Labute approximate surface area is 162 Å². The molecule has 3 N–H and O–H groups in total. The number of carbonyl (C=O) groups is 2. The first kappa shape index (κ1) is 19.3. The fourth-order valence-corrected chi connectivity index (χ4v) is 3.74. The number of methoxy groups -OCH3 is 1.